The van der Waals surface area contributed by atoms with E-state index in [-0.39, 0.29) is 24.5 Å². The molecule has 0 radical (unpaired) electrons. The third-order valence-corrected chi connectivity index (χ3v) is 6.34. The third kappa shape index (κ3) is 5.01. The number of anilines is 1. The summed E-state index contributed by atoms with van der Waals surface area (Å²) in [6.07, 6.45) is 1.53. The predicted molar refractivity (Wildman–Crippen MR) is 130 cm³/mol. The highest BCUT2D eigenvalue weighted by Gasteiger charge is 2.29. The molecule has 1 aliphatic heterocycles. The fraction of sp³-hybridized carbons (Fsp3) is 0.259. The molecular weight excluding hydrogens is 466 g/mol. The maximum atomic E-state index is 14.6. The van der Waals surface area contributed by atoms with Crippen molar-refractivity contribution in [1.82, 2.24) is 15.0 Å². The molecule has 0 saturated carbocycles. The second kappa shape index (κ2) is 10.3. The maximum absolute atomic E-state index is 14.6. The Morgan fingerprint density at radius 1 is 0.972 bits per heavy atom. The van der Waals surface area contributed by atoms with Gasteiger partial charge in [-0.3, -0.25) is 4.79 Å². The zero-order valence-corrected chi connectivity index (χ0v) is 19.9. The Balaban J connectivity index is 1.55. The molecule has 2 aromatic heterocycles. The molecular formula is C27H26F2N4O3. The minimum atomic E-state index is -0.602. The number of likely N-dealkylation sites (N-methyl/N-ethyl adjacent to an activating group) is 1. The lowest BCUT2D eigenvalue weighted by Crippen LogP contribution is -2.44. The zero-order valence-electron chi connectivity index (χ0n) is 19.9. The number of hydrogen-bond donors (Lipinski definition) is 0. The number of amides is 1. The summed E-state index contributed by atoms with van der Waals surface area (Å²) in [6, 6.07) is 15.3. The molecule has 0 N–H and O–H groups in total. The Morgan fingerprint density at radius 2 is 1.72 bits per heavy atom. The monoisotopic (exact) mass is 492 g/mol. The van der Waals surface area contributed by atoms with Crippen LogP contribution in [-0.2, 0) is 13.1 Å². The average Bonchev–Trinajstić information content (AvgIpc) is 3.55. The summed E-state index contributed by atoms with van der Waals surface area (Å²) in [7, 11) is 2.06. The summed E-state index contributed by atoms with van der Waals surface area (Å²) in [5, 5.41) is 4.32. The van der Waals surface area contributed by atoms with Gasteiger partial charge in [0.2, 0.25) is 5.88 Å². The first-order chi connectivity index (χ1) is 17.5. The van der Waals surface area contributed by atoms with Crippen LogP contribution in [0.4, 0.5) is 14.7 Å². The van der Waals surface area contributed by atoms with Gasteiger partial charge in [-0.15, -0.1) is 0 Å². The number of rotatable bonds is 7. The Hall–Kier alpha value is -3.98. The van der Waals surface area contributed by atoms with Crippen molar-refractivity contribution in [2.75, 3.05) is 38.1 Å². The van der Waals surface area contributed by atoms with E-state index in [4.69, 9.17) is 8.94 Å². The molecule has 0 aliphatic carbocycles. The number of benzene rings is 2. The van der Waals surface area contributed by atoms with Crippen molar-refractivity contribution in [3.63, 3.8) is 0 Å². The standard InChI is InChI=1S/C27H26F2N4O3/c1-31-12-14-32(15-13-31)27-23(25(30-36-27)19-8-10-20(28)11-9-19)18-33(17-21-5-4-16-35-21)26(34)22-6-2-3-7-24(22)29/h2-11,16H,12-15,17-18H2,1H3. The van der Waals surface area contributed by atoms with E-state index in [0.29, 0.717) is 28.5 Å². The molecule has 1 amide bonds. The first-order valence-corrected chi connectivity index (χ1v) is 11.7. The minimum Gasteiger partial charge on any atom is -0.467 e. The van der Waals surface area contributed by atoms with Crippen LogP contribution in [0.25, 0.3) is 11.3 Å². The minimum absolute atomic E-state index is 0.0370. The number of halogens is 2. The van der Waals surface area contributed by atoms with Crippen LogP contribution in [0.3, 0.4) is 0 Å². The molecule has 1 saturated heterocycles. The predicted octanol–water partition coefficient (Wildman–Crippen LogP) is 4.81. The van der Waals surface area contributed by atoms with Gasteiger partial charge in [-0.1, -0.05) is 17.3 Å². The van der Waals surface area contributed by atoms with Crippen LogP contribution in [0, 0.1) is 11.6 Å². The third-order valence-electron chi connectivity index (χ3n) is 6.34. The van der Waals surface area contributed by atoms with Crippen molar-refractivity contribution in [3.05, 3.63) is 95.4 Å². The SMILES string of the molecule is CN1CCN(c2onc(-c3ccc(F)cc3)c2CN(Cc2ccco2)C(=O)c2ccccc2F)CC1. The number of piperazine rings is 1. The van der Waals surface area contributed by atoms with Gasteiger partial charge in [0.05, 0.1) is 30.5 Å². The Bertz CT molecular complexity index is 1310. The summed E-state index contributed by atoms with van der Waals surface area (Å²) in [5.41, 5.74) is 1.80. The van der Waals surface area contributed by atoms with Crippen molar-refractivity contribution < 1.29 is 22.5 Å². The highest BCUT2D eigenvalue weighted by molar-refractivity contribution is 5.94. The average molecular weight is 493 g/mol. The van der Waals surface area contributed by atoms with E-state index in [1.54, 1.807) is 36.4 Å². The van der Waals surface area contributed by atoms with Crippen molar-refractivity contribution in [1.29, 1.82) is 0 Å². The fourth-order valence-electron chi connectivity index (χ4n) is 4.32. The first-order valence-electron chi connectivity index (χ1n) is 11.7. The topological polar surface area (TPSA) is 66.0 Å². The van der Waals surface area contributed by atoms with E-state index in [9.17, 15) is 13.6 Å². The molecule has 7 nitrogen and oxygen atoms in total. The number of furan rings is 1. The zero-order chi connectivity index (χ0) is 25.1. The van der Waals surface area contributed by atoms with Crippen molar-refractivity contribution in [2.24, 2.45) is 0 Å². The summed E-state index contributed by atoms with van der Waals surface area (Å²) >= 11 is 0. The first kappa shape index (κ1) is 23.7. The lowest BCUT2D eigenvalue weighted by molar-refractivity contribution is 0.0713. The van der Waals surface area contributed by atoms with Gasteiger partial charge in [0.15, 0.2) is 0 Å². The van der Waals surface area contributed by atoms with Crippen LogP contribution in [0.1, 0.15) is 21.7 Å². The molecule has 9 heteroatoms. The Morgan fingerprint density at radius 3 is 2.42 bits per heavy atom. The van der Waals surface area contributed by atoms with Crippen LogP contribution in [0.2, 0.25) is 0 Å². The molecule has 36 heavy (non-hydrogen) atoms. The van der Waals surface area contributed by atoms with E-state index in [1.165, 1.54) is 35.4 Å². The maximum Gasteiger partial charge on any atom is 0.257 e. The van der Waals surface area contributed by atoms with Gasteiger partial charge in [0.25, 0.3) is 5.91 Å². The fourth-order valence-corrected chi connectivity index (χ4v) is 4.32. The van der Waals surface area contributed by atoms with Crippen LogP contribution in [0.15, 0.2) is 75.9 Å². The molecule has 3 heterocycles. The van der Waals surface area contributed by atoms with Gasteiger partial charge in [-0.2, -0.15) is 0 Å². The van der Waals surface area contributed by atoms with Crippen LogP contribution in [0.5, 0.6) is 0 Å². The number of aromatic nitrogens is 1. The number of nitrogens with zero attached hydrogens (tertiary/aromatic N) is 4. The quantitative estimate of drug-likeness (QED) is 0.369. The molecule has 0 unspecified atom stereocenters. The van der Waals surface area contributed by atoms with Crippen molar-refractivity contribution in [3.8, 4) is 11.3 Å². The van der Waals surface area contributed by atoms with Gasteiger partial charge in [-0.05, 0) is 55.6 Å². The van der Waals surface area contributed by atoms with E-state index in [1.807, 2.05) is 0 Å². The molecule has 1 fully saturated rings. The van der Waals surface area contributed by atoms with Gasteiger partial charge in [0.1, 0.15) is 23.1 Å². The Labute approximate surface area is 207 Å². The summed E-state index contributed by atoms with van der Waals surface area (Å²) in [6.45, 7) is 3.34. The van der Waals surface area contributed by atoms with Gasteiger partial charge < -0.3 is 23.6 Å². The molecule has 4 aromatic rings. The lowest BCUT2D eigenvalue weighted by Gasteiger charge is -2.33. The van der Waals surface area contributed by atoms with Crippen LogP contribution in [-0.4, -0.2) is 54.1 Å². The number of carbonyl (C=O) groups is 1. The van der Waals surface area contributed by atoms with Crippen LogP contribution < -0.4 is 4.90 Å². The van der Waals surface area contributed by atoms with Crippen LogP contribution >= 0.6 is 0 Å². The van der Waals surface area contributed by atoms with Gasteiger partial charge in [-0.25, -0.2) is 8.78 Å². The number of hydrogen-bond acceptors (Lipinski definition) is 6. The van der Waals surface area contributed by atoms with Crippen molar-refractivity contribution >= 4 is 11.8 Å². The summed E-state index contributed by atoms with van der Waals surface area (Å²) < 4.78 is 39.6. The largest absolute Gasteiger partial charge is 0.467 e. The summed E-state index contributed by atoms with van der Waals surface area (Å²) in [4.78, 5) is 19.4. The molecule has 0 atom stereocenters. The second-order valence-electron chi connectivity index (χ2n) is 8.83. The highest BCUT2D eigenvalue weighted by Crippen LogP contribution is 2.34. The molecule has 0 spiro atoms. The smallest absolute Gasteiger partial charge is 0.257 e. The molecule has 2 aromatic carbocycles. The van der Waals surface area contributed by atoms with Gasteiger partial charge >= 0.3 is 0 Å². The van der Waals surface area contributed by atoms with Gasteiger partial charge in [0, 0.05) is 31.7 Å². The van der Waals surface area contributed by atoms with E-state index < -0.39 is 11.7 Å². The van der Waals surface area contributed by atoms with E-state index in [2.05, 4.69) is 22.0 Å². The molecule has 5 rings (SSSR count). The second-order valence-corrected chi connectivity index (χ2v) is 8.83. The lowest BCUT2D eigenvalue weighted by atomic mass is 10.1. The normalized spacial score (nSPS) is 14.2. The van der Waals surface area contributed by atoms with E-state index >= 15 is 0 Å². The molecule has 1 aliphatic rings. The van der Waals surface area contributed by atoms with Crippen molar-refractivity contribution in [2.45, 2.75) is 13.1 Å². The Kier molecular flexibility index (Phi) is 6.81. The van der Waals surface area contributed by atoms with E-state index in [0.717, 1.165) is 26.2 Å². The molecule has 186 valence electrons. The molecule has 0 bridgehead atoms. The number of carbonyl (C=O) groups excluding carboxylic acids is 1. The highest BCUT2D eigenvalue weighted by atomic mass is 19.1. The summed E-state index contributed by atoms with van der Waals surface area (Å²) in [5.74, 6) is -0.346.